The number of ether oxygens (including phenoxy) is 1. The molecule has 0 aliphatic heterocycles. The van der Waals surface area contributed by atoms with E-state index in [1.54, 1.807) is 35.2 Å². The Kier molecular flexibility index (Phi) is 5.99. The van der Waals surface area contributed by atoms with Gasteiger partial charge in [0, 0.05) is 17.7 Å². The standard InChI is InChI=1S/C21H21N3O3/c1-3-14-24(21(25)17-10-12-18(13-11-17)26-4-2)15-19-22-20(23-27-19)16-8-6-5-7-9-16/h3,5-13H,1,4,14-15H2,2H3. The second-order valence-electron chi connectivity index (χ2n) is 5.81. The largest absolute Gasteiger partial charge is 0.494 e. The lowest BCUT2D eigenvalue weighted by Crippen LogP contribution is -2.30. The van der Waals surface area contributed by atoms with E-state index >= 15 is 0 Å². The van der Waals surface area contributed by atoms with E-state index in [1.165, 1.54) is 0 Å². The lowest BCUT2D eigenvalue weighted by molar-refractivity contribution is 0.0745. The summed E-state index contributed by atoms with van der Waals surface area (Å²) in [6.07, 6.45) is 1.67. The third-order valence-electron chi connectivity index (χ3n) is 3.88. The maximum Gasteiger partial charge on any atom is 0.254 e. The summed E-state index contributed by atoms with van der Waals surface area (Å²) in [6, 6.07) is 16.6. The number of nitrogens with zero attached hydrogens (tertiary/aromatic N) is 3. The van der Waals surface area contributed by atoms with Crippen molar-refractivity contribution < 1.29 is 14.1 Å². The molecule has 27 heavy (non-hydrogen) atoms. The van der Waals surface area contributed by atoms with Gasteiger partial charge in [-0.2, -0.15) is 4.98 Å². The van der Waals surface area contributed by atoms with Gasteiger partial charge in [0.2, 0.25) is 11.7 Å². The Morgan fingerprint density at radius 2 is 1.93 bits per heavy atom. The number of amides is 1. The quantitative estimate of drug-likeness (QED) is 0.567. The van der Waals surface area contributed by atoms with Crippen LogP contribution in [0.15, 0.2) is 71.8 Å². The minimum absolute atomic E-state index is 0.141. The minimum atomic E-state index is -0.141. The first-order valence-electron chi connectivity index (χ1n) is 8.72. The average molecular weight is 363 g/mol. The first-order valence-corrected chi connectivity index (χ1v) is 8.72. The zero-order valence-corrected chi connectivity index (χ0v) is 15.2. The van der Waals surface area contributed by atoms with Crippen molar-refractivity contribution in [3.8, 4) is 17.1 Å². The summed E-state index contributed by atoms with van der Waals surface area (Å²) < 4.78 is 10.7. The van der Waals surface area contributed by atoms with Gasteiger partial charge in [-0.15, -0.1) is 6.58 Å². The van der Waals surface area contributed by atoms with Gasteiger partial charge in [-0.1, -0.05) is 41.6 Å². The molecule has 1 heterocycles. The summed E-state index contributed by atoms with van der Waals surface area (Å²) in [7, 11) is 0. The molecule has 0 unspecified atom stereocenters. The number of aromatic nitrogens is 2. The molecule has 138 valence electrons. The van der Waals surface area contributed by atoms with E-state index < -0.39 is 0 Å². The van der Waals surface area contributed by atoms with Crippen LogP contribution in [-0.4, -0.2) is 34.1 Å². The molecule has 0 saturated heterocycles. The Morgan fingerprint density at radius 3 is 2.59 bits per heavy atom. The van der Waals surface area contributed by atoms with Crippen LogP contribution in [0.2, 0.25) is 0 Å². The molecular weight excluding hydrogens is 342 g/mol. The fraction of sp³-hybridized carbons (Fsp3) is 0.190. The first-order chi connectivity index (χ1) is 13.2. The number of carbonyl (C=O) groups is 1. The number of benzene rings is 2. The van der Waals surface area contributed by atoms with Crippen LogP contribution in [-0.2, 0) is 6.54 Å². The summed E-state index contributed by atoms with van der Waals surface area (Å²) in [5.74, 6) is 1.46. The maximum absolute atomic E-state index is 12.8. The summed E-state index contributed by atoms with van der Waals surface area (Å²) in [5, 5.41) is 4.00. The van der Waals surface area contributed by atoms with Crippen molar-refractivity contribution >= 4 is 5.91 Å². The molecular formula is C21H21N3O3. The third-order valence-corrected chi connectivity index (χ3v) is 3.88. The highest BCUT2D eigenvalue weighted by Crippen LogP contribution is 2.18. The lowest BCUT2D eigenvalue weighted by atomic mass is 10.2. The van der Waals surface area contributed by atoms with E-state index in [-0.39, 0.29) is 12.5 Å². The van der Waals surface area contributed by atoms with Crippen molar-refractivity contribution in [2.45, 2.75) is 13.5 Å². The molecule has 0 bridgehead atoms. The molecule has 0 fully saturated rings. The highest BCUT2D eigenvalue weighted by Gasteiger charge is 2.18. The van der Waals surface area contributed by atoms with Gasteiger partial charge in [-0.05, 0) is 31.2 Å². The average Bonchev–Trinajstić information content (AvgIpc) is 3.17. The highest BCUT2D eigenvalue weighted by atomic mass is 16.5. The highest BCUT2D eigenvalue weighted by molar-refractivity contribution is 5.94. The normalized spacial score (nSPS) is 10.4. The van der Waals surface area contributed by atoms with E-state index in [0.717, 1.165) is 11.3 Å². The molecule has 3 aromatic rings. The SMILES string of the molecule is C=CCN(Cc1nc(-c2ccccc2)no1)C(=O)c1ccc(OCC)cc1. The van der Waals surface area contributed by atoms with Crippen LogP contribution in [0.1, 0.15) is 23.2 Å². The Bertz CT molecular complexity index is 889. The Balaban J connectivity index is 1.74. The van der Waals surface area contributed by atoms with Crippen molar-refractivity contribution in [2.75, 3.05) is 13.2 Å². The van der Waals surface area contributed by atoms with E-state index in [0.29, 0.717) is 30.4 Å². The van der Waals surface area contributed by atoms with Gasteiger partial charge in [-0.3, -0.25) is 4.79 Å². The second kappa shape index (κ2) is 8.80. The van der Waals surface area contributed by atoms with Crippen LogP contribution in [0, 0.1) is 0 Å². The molecule has 0 spiro atoms. The smallest absolute Gasteiger partial charge is 0.254 e. The predicted molar refractivity (Wildman–Crippen MR) is 102 cm³/mol. The van der Waals surface area contributed by atoms with Gasteiger partial charge < -0.3 is 14.2 Å². The number of rotatable bonds is 8. The van der Waals surface area contributed by atoms with E-state index in [2.05, 4.69) is 16.7 Å². The summed E-state index contributed by atoms with van der Waals surface area (Å²) in [6.45, 7) is 6.80. The number of carbonyl (C=O) groups excluding carboxylic acids is 1. The Labute approximate surface area is 158 Å². The Hall–Kier alpha value is -3.41. The molecule has 6 heteroatoms. The molecule has 0 N–H and O–H groups in total. The molecule has 0 aliphatic carbocycles. The second-order valence-corrected chi connectivity index (χ2v) is 5.81. The van der Waals surface area contributed by atoms with Crippen molar-refractivity contribution in [1.82, 2.24) is 15.0 Å². The summed E-state index contributed by atoms with van der Waals surface area (Å²) in [5.41, 5.74) is 1.42. The maximum atomic E-state index is 12.8. The van der Waals surface area contributed by atoms with Gasteiger partial charge in [0.1, 0.15) is 12.3 Å². The molecule has 0 aliphatic rings. The lowest BCUT2D eigenvalue weighted by Gasteiger charge is -2.19. The Morgan fingerprint density at radius 1 is 1.19 bits per heavy atom. The first kappa shape index (κ1) is 18.4. The van der Waals surface area contributed by atoms with E-state index in [9.17, 15) is 4.79 Å². The number of hydrogen-bond acceptors (Lipinski definition) is 5. The third kappa shape index (κ3) is 4.61. The van der Waals surface area contributed by atoms with Crippen LogP contribution in [0.4, 0.5) is 0 Å². The van der Waals surface area contributed by atoms with Crippen LogP contribution in [0.5, 0.6) is 5.75 Å². The molecule has 1 amide bonds. The van der Waals surface area contributed by atoms with Crippen molar-refractivity contribution in [2.24, 2.45) is 0 Å². The molecule has 1 aromatic heterocycles. The zero-order chi connectivity index (χ0) is 19.1. The van der Waals surface area contributed by atoms with Crippen molar-refractivity contribution in [3.05, 3.63) is 78.7 Å². The summed E-state index contributed by atoms with van der Waals surface area (Å²) in [4.78, 5) is 18.8. The fourth-order valence-corrected chi connectivity index (χ4v) is 2.60. The minimum Gasteiger partial charge on any atom is -0.494 e. The van der Waals surface area contributed by atoms with Crippen molar-refractivity contribution in [1.29, 1.82) is 0 Å². The van der Waals surface area contributed by atoms with Crippen LogP contribution >= 0.6 is 0 Å². The fourth-order valence-electron chi connectivity index (χ4n) is 2.60. The van der Waals surface area contributed by atoms with Crippen molar-refractivity contribution in [3.63, 3.8) is 0 Å². The summed E-state index contributed by atoms with van der Waals surface area (Å²) >= 11 is 0. The number of hydrogen-bond donors (Lipinski definition) is 0. The van der Waals surface area contributed by atoms with Crippen LogP contribution < -0.4 is 4.74 Å². The predicted octanol–water partition coefficient (Wildman–Crippen LogP) is 3.96. The van der Waals surface area contributed by atoms with E-state index in [4.69, 9.17) is 9.26 Å². The zero-order valence-electron chi connectivity index (χ0n) is 15.2. The van der Waals surface area contributed by atoms with Gasteiger partial charge in [-0.25, -0.2) is 0 Å². The van der Waals surface area contributed by atoms with Crippen LogP contribution in [0.3, 0.4) is 0 Å². The molecule has 0 saturated carbocycles. The molecule has 6 nitrogen and oxygen atoms in total. The van der Waals surface area contributed by atoms with Gasteiger partial charge in [0.15, 0.2) is 0 Å². The van der Waals surface area contributed by atoms with Crippen LogP contribution in [0.25, 0.3) is 11.4 Å². The van der Waals surface area contributed by atoms with Gasteiger partial charge in [0.05, 0.1) is 6.61 Å². The molecule has 2 aromatic carbocycles. The molecule has 0 radical (unpaired) electrons. The monoisotopic (exact) mass is 363 g/mol. The molecule has 3 rings (SSSR count). The van der Waals surface area contributed by atoms with Gasteiger partial charge >= 0.3 is 0 Å². The van der Waals surface area contributed by atoms with Gasteiger partial charge in [0.25, 0.3) is 5.91 Å². The molecule has 0 atom stereocenters. The van der Waals surface area contributed by atoms with E-state index in [1.807, 2.05) is 37.3 Å². The topological polar surface area (TPSA) is 68.5 Å².